The van der Waals surface area contributed by atoms with Gasteiger partial charge < -0.3 is 0 Å². The topological polar surface area (TPSA) is 0 Å². The van der Waals surface area contributed by atoms with Crippen molar-refractivity contribution in [3.63, 3.8) is 0 Å². The van der Waals surface area contributed by atoms with E-state index in [-0.39, 0.29) is 0 Å². The summed E-state index contributed by atoms with van der Waals surface area (Å²) in [7, 11) is -1.18. The number of allylic oxidation sites excluding steroid dienone is 1. The van der Waals surface area contributed by atoms with E-state index in [2.05, 4.69) is 62.3 Å². The Morgan fingerprint density at radius 1 is 1.19 bits per heavy atom. The molecule has 1 rings (SSSR count). The largest absolute Gasteiger partial charge is 0.134 e. The molecule has 86 valence electrons. The summed E-state index contributed by atoms with van der Waals surface area (Å²) in [5.74, 6) is 0. The van der Waals surface area contributed by atoms with E-state index in [1.54, 1.807) is 0 Å². The zero-order chi connectivity index (χ0) is 12.0. The molecule has 0 radical (unpaired) electrons. The van der Waals surface area contributed by atoms with Gasteiger partial charge in [-0.05, 0) is 30.0 Å². The number of hydrogen-bond acceptors (Lipinski definition) is 0. The van der Waals surface area contributed by atoms with E-state index in [1.165, 1.54) is 17.2 Å². The van der Waals surface area contributed by atoms with E-state index in [4.69, 9.17) is 0 Å². The summed E-state index contributed by atoms with van der Waals surface area (Å²) in [5, 5.41) is 1.48. The third-order valence-electron chi connectivity index (χ3n) is 2.85. The molecule has 0 saturated heterocycles. The smallest absolute Gasteiger partial charge is 0.0823 e. The summed E-state index contributed by atoms with van der Waals surface area (Å²) in [6.07, 6.45) is 3.54. The second-order valence-electron chi connectivity index (χ2n) is 5.24. The monoisotopic (exact) mass is 230 g/mol. The first kappa shape index (κ1) is 13.0. The van der Waals surface area contributed by atoms with Crippen LogP contribution in [0.2, 0.25) is 19.6 Å². The van der Waals surface area contributed by atoms with Gasteiger partial charge in [0.2, 0.25) is 0 Å². The van der Waals surface area contributed by atoms with Crippen molar-refractivity contribution >= 4 is 8.07 Å². The van der Waals surface area contributed by atoms with Gasteiger partial charge in [0.25, 0.3) is 0 Å². The van der Waals surface area contributed by atoms with Gasteiger partial charge in [-0.15, -0.1) is 5.73 Å². The lowest BCUT2D eigenvalue weighted by molar-refractivity contribution is 0.830. The standard InChI is InChI=1S/C15H22Si/c1-5-15(16(2,3)4)13-9-12-14-10-7-6-8-11-14/h6-8,10-11H,1,9,12-13H2,2-4H3. The lowest BCUT2D eigenvalue weighted by Crippen LogP contribution is -2.23. The van der Waals surface area contributed by atoms with Crippen LogP contribution in [0, 0.1) is 0 Å². The van der Waals surface area contributed by atoms with E-state index in [9.17, 15) is 0 Å². The highest BCUT2D eigenvalue weighted by Crippen LogP contribution is 2.19. The fourth-order valence-electron chi connectivity index (χ4n) is 1.84. The van der Waals surface area contributed by atoms with Gasteiger partial charge in [0.15, 0.2) is 0 Å². The third kappa shape index (κ3) is 4.22. The predicted octanol–water partition coefficient (Wildman–Crippen LogP) is 4.60. The molecule has 0 heterocycles. The first-order valence-corrected chi connectivity index (χ1v) is 9.47. The fourth-order valence-corrected chi connectivity index (χ4v) is 3.30. The second kappa shape index (κ2) is 5.88. The summed E-state index contributed by atoms with van der Waals surface area (Å²) >= 11 is 0. The molecule has 0 saturated carbocycles. The number of rotatable bonds is 5. The fraction of sp³-hybridized carbons (Fsp3) is 0.400. The Morgan fingerprint density at radius 3 is 2.31 bits per heavy atom. The maximum absolute atomic E-state index is 3.83. The summed E-state index contributed by atoms with van der Waals surface area (Å²) in [4.78, 5) is 0. The highest BCUT2D eigenvalue weighted by molar-refractivity contribution is 6.83. The maximum atomic E-state index is 3.83. The van der Waals surface area contributed by atoms with E-state index >= 15 is 0 Å². The Kier molecular flexibility index (Phi) is 4.79. The van der Waals surface area contributed by atoms with Crippen molar-refractivity contribution in [2.75, 3.05) is 0 Å². The van der Waals surface area contributed by atoms with Gasteiger partial charge in [0.05, 0.1) is 8.07 Å². The molecule has 0 aromatic heterocycles. The van der Waals surface area contributed by atoms with Crippen molar-refractivity contribution in [2.24, 2.45) is 0 Å². The van der Waals surface area contributed by atoms with Crippen molar-refractivity contribution in [1.82, 2.24) is 0 Å². The zero-order valence-corrected chi connectivity index (χ0v) is 11.7. The van der Waals surface area contributed by atoms with E-state index in [0.717, 1.165) is 12.8 Å². The molecule has 0 amide bonds. The minimum absolute atomic E-state index is 1.16. The third-order valence-corrected chi connectivity index (χ3v) is 5.09. The van der Waals surface area contributed by atoms with Crippen LogP contribution in [0.1, 0.15) is 18.4 Å². The summed E-state index contributed by atoms with van der Waals surface area (Å²) < 4.78 is 0. The molecular weight excluding hydrogens is 208 g/mol. The quantitative estimate of drug-likeness (QED) is 0.512. The molecule has 0 atom stereocenters. The SMILES string of the molecule is C=C=C(CCCc1ccccc1)[Si](C)(C)C. The highest BCUT2D eigenvalue weighted by Gasteiger charge is 2.18. The number of aryl methyl sites for hydroxylation is 1. The van der Waals surface area contributed by atoms with Gasteiger partial charge in [-0.2, -0.15) is 0 Å². The molecule has 1 aromatic carbocycles. The van der Waals surface area contributed by atoms with Crippen LogP contribution >= 0.6 is 0 Å². The van der Waals surface area contributed by atoms with Crippen LogP contribution in [-0.2, 0) is 6.42 Å². The molecule has 0 nitrogen and oxygen atoms in total. The summed E-state index contributed by atoms with van der Waals surface area (Å²) in [6.45, 7) is 10.9. The number of benzene rings is 1. The normalized spacial score (nSPS) is 10.9. The summed E-state index contributed by atoms with van der Waals surface area (Å²) in [5.41, 5.74) is 4.59. The van der Waals surface area contributed by atoms with Crippen LogP contribution in [0.15, 0.2) is 47.8 Å². The molecule has 0 aliphatic heterocycles. The molecule has 1 aromatic rings. The van der Waals surface area contributed by atoms with Gasteiger partial charge in [-0.3, -0.25) is 0 Å². The van der Waals surface area contributed by atoms with Crippen LogP contribution in [0.4, 0.5) is 0 Å². The van der Waals surface area contributed by atoms with Crippen LogP contribution in [0.25, 0.3) is 0 Å². The lowest BCUT2D eigenvalue weighted by atomic mass is 10.1. The zero-order valence-electron chi connectivity index (χ0n) is 10.7. The number of hydrogen-bond donors (Lipinski definition) is 0. The van der Waals surface area contributed by atoms with Crippen LogP contribution in [-0.4, -0.2) is 8.07 Å². The second-order valence-corrected chi connectivity index (χ2v) is 10.3. The molecule has 0 N–H and O–H groups in total. The van der Waals surface area contributed by atoms with Crippen molar-refractivity contribution in [1.29, 1.82) is 0 Å². The minimum atomic E-state index is -1.18. The van der Waals surface area contributed by atoms with Crippen LogP contribution < -0.4 is 0 Å². The average molecular weight is 230 g/mol. The molecule has 0 unspecified atom stereocenters. The Bertz CT molecular complexity index is 364. The first-order chi connectivity index (χ1) is 7.54. The van der Waals surface area contributed by atoms with Gasteiger partial charge in [-0.1, -0.05) is 56.6 Å². The molecule has 1 heteroatoms. The van der Waals surface area contributed by atoms with E-state index < -0.39 is 8.07 Å². The predicted molar refractivity (Wildman–Crippen MR) is 75.4 cm³/mol. The Hall–Kier alpha value is -1.04. The van der Waals surface area contributed by atoms with Crippen molar-refractivity contribution in [3.8, 4) is 0 Å². The van der Waals surface area contributed by atoms with Crippen molar-refractivity contribution in [3.05, 3.63) is 53.4 Å². The Morgan fingerprint density at radius 2 is 1.81 bits per heavy atom. The maximum Gasteiger partial charge on any atom is 0.0823 e. The molecule has 0 spiro atoms. The van der Waals surface area contributed by atoms with Gasteiger partial charge in [0.1, 0.15) is 0 Å². The molecular formula is C15H22Si. The van der Waals surface area contributed by atoms with Crippen LogP contribution in [0.5, 0.6) is 0 Å². The molecule has 16 heavy (non-hydrogen) atoms. The minimum Gasteiger partial charge on any atom is -0.134 e. The first-order valence-electron chi connectivity index (χ1n) is 5.97. The highest BCUT2D eigenvalue weighted by atomic mass is 28.3. The summed E-state index contributed by atoms with van der Waals surface area (Å²) in [6, 6.07) is 10.7. The van der Waals surface area contributed by atoms with E-state index in [1.807, 2.05) is 0 Å². The van der Waals surface area contributed by atoms with Crippen molar-refractivity contribution in [2.45, 2.75) is 38.9 Å². The molecule has 0 aliphatic rings. The molecule has 0 aliphatic carbocycles. The Balaban J connectivity index is 2.45. The van der Waals surface area contributed by atoms with Gasteiger partial charge in [0, 0.05) is 0 Å². The van der Waals surface area contributed by atoms with Crippen LogP contribution in [0.3, 0.4) is 0 Å². The molecule has 0 fully saturated rings. The van der Waals surface area contributed by atoms with E-state index in [0.29, 0.717) is 0 Å². The average Bonchev–Trinajstić information content (AvgIpc) is 2.24. The van der Waals surface area contributed by atoms with Gasteiger partial charge >= 0.3 is 0 Å². The molecule has 0 bridgehead atoms. The van der Waals surface area contributed by atoms with Crippen molar-refractivity contribution < 1.29 is 0 Å². The van der Waals surface area contributed by atoms with Gasteiger partial charge in [-0.25, -0.2) is 0 Å². The Labute approximate surface area is 101 Å². The lowest BCUT2D eigenvalue weighted by Gasteiger charge is -2.18.